The van der Waals surface area contributed by atoms with Gasteiger partial charge in [-0.15, -0.1) is 24.5 Å². The lowest BCUT2D eigenvalue weighted by molar-refractivity contribution is -0.274. The van der Waals surface area contributed by atoms with Gasteiger partial charge in [-0.25, -0.2) is 4.98 Å². The van der Waals surface area contributed by atoms with Gasteiger partial charge in [-0.05, 0) is 18.1 Å². The van der Waals surface area contributed by atoms with Crippen LogP contribution in [0.25, 0.3) is 0 Å². The lowest BCUT2D eigenvalue weighted by Crippen LogP contribution is -2.38. The molecule has 1 heterocycles. The lowest BCUT2D eigenvalue weighted by Gasteiger charge is -2.14. The largest absolute Gasteiger partial charge is 0.573 e. The molecule has 0 radical (unpaired) electrons. The first-order valence-electron chi connectivity index (χ1n) is 8.70. The number of alkyl halides is 3. The molecule has 0 amide bonds. The van der Waals surface area contributed by atoms with Crippen LogP contribution < -0.4 is 20.3 Å². The van der Waals surface area contributed by atoms with Crippen LogP contribution in [0.5, 0.6) is 5.75 Å². The first kappa shape index (κ1) is 20.2. The molecule has 28 heavy (non-hydrogen) atoms. The van der Waals surface area contributed by atoms with Crippen LogP contribution in [0.15, 0.2) is 34.6 Å². The highest BCUT2D eigenvalue weighted by molar-refractivity contribution is 7.13. The van der Waals surface area contributed by atoms with Crippen LogP contribution in [-0.2, 0) is 6.54 Å². The van der Waals surface area contributed by atoms with Crippen LogP contribution in [0.3, 0.4) is 0 Å². The van der Waals surface area contributed by atoms with Crippen molar-refractivity contribution in [2.45, 2.75) is 31.3 Å². The van der Waals surface area contributed by atoms with E-state index in [4.69, 9.17) is 0 Å². The van der Waals surface area contributed by atoms with Crippen LogP contribution in [0.1, 0.15) is 23.6 Å². The first-order chi connectivity index (χ1) is 13.3. The molecule has 2 aromatic rings. The highest BCUT2D eigenvalue weighted by atomic mass is 32.1. The number of para-hydroxylation sites is 1. The number of anilines is 1. The average molecular weight is 413 g/mol. The van der Waals surface area contributed by atoms with E-state index in [1.165, 1.54) is 12.1 Å². The molecule has 1 aromatic heterocycles. The molecular formula is C18H22F3N5OS. The fraction of sp³-hybridized carbons (Fsp3) is 0.444. The summed E-state index contributed by atoms with van der Waals surface area (Å²) in [5, 5.41) is 9.33. The fourth-order valence-corrected chi connectivity index (χ4v) is 3.59. The average Bonchev–Trinajstić information content (AvgIpc) is 3.21. The molecule has 1 aliphatic rings. The third-order valence-electron chi connectivity index (χ3n) is 4.24. The summed E-state index contributed by atoms with van der Waals surface area (Å²) in [5.41, 5.74) is 1.44. The maximum atomic E-state index is 12.6. The van der Waals surface area contributed by atoms with Gasteiger partial charge in [-0.2, -0.15) is 0 Å². The second-order valence-corrected chi connectivity index (χ2v) is 7.46. The van der Waals surface area contributed by atoms with Gasteiger partial charge in [0.05, 0.1) is 12.2 Å². The van der Waals surface area contributed by atoms with Crippen molar-refractivity contribution in [1.82, 2.24) is 15.6 Å². The van der Waals surface area contributed by atoms with Crippen molar-refractivity contribution in [3.63, 3.8) is 0 Å². The zero-order chi connectivity index (χ0) is 20.3. The summed E-state index contributed by atoms with van der Waals surface area (Å²) in [6.07, 6.45) is -4.00. The zero-order valence-corrected chi connectivity index (χ0v) is 16.6. The van der Waals surface area contributed by atoms with Gasteiger partial charge in [0.25, 0.3) is 0 Å². The predicted molar refractivity (Wildman–Crippen MR) is 104 cm³/mol. The van der Waals surface area contributed by atoms with Crippen molar-refractivity contribution in [1.29, 1.82) is 0 Å². The molecule has 10 heteroatoms. The Balaban J connectivity index is 1.56. The number of hydrogen-bond donors (Lipinski definition) is 2. The molecular weight excluding hydrogens is 391 g/mol. The normalized spacial score (nSPS) is 19.3. The van der Waals surface area contributed by atoms with Crippen LogP contribution in [0.4, 0.5) is 18.3 Å². The van der Waals surface area contributed by atoms with Crippen molar-refractivity contribution < 1.29 is 17.9 Å². The van der Waals surface area contributed by atoms with Crippen LogP contribution in [0, 0.1) is 0 Å². The van der Waals surface area contributed by atoms with E-state index in [0.29, 0.717) is 24.5 Å². The number of ether oxygens (including phenoxy) is 1. The van der Waals surface area contributed by atoms with E-state index < -0.39 is 6.36 Å². The standard InChI is InChI=1S/C18H22F3N5OS/c1-22-16(23-9-11-10-28-17(24-11)26(2)3)25-14-8-13(14)12-6-4-5-7-15(12)27-18(19,20)21/h4-7,10,13-14H,8-9H2,1-3H3,(H2,22,23,25). The Morgan fingerprint density at radius 2 is 2.11 bits per heavy atom. The van der Waals surface area contributed by atoms with Gasteiger partial charge in [0.1, 0.15) is 5.75 Å². The second-order valence-electron chi connectivity index (χ2n) is 6.62. The Labute approximate surface area is 165 Å². The van der Waals surface area contributed by atoms with E-state index in [-0.39, 0.29) is 17.7 Å². The Kier molecular flexibility index (Phi) is 5.97. The summed E-state index contributed by atoms with van der Waals surface area (Å²) in [6, 6.07) is 6.26. The van der Waals surface area contributed by atoms with Crippen molar-refractivity contribution >= 4 is 22.4 Å². The minimum atomic E-state index is -4.70. The minimum absolute atomic E-state index is 0.00282. The molecule has 0 aliphatic heterocycles. The molecule has 2 atom stereocenters. The molecule has 1 fully saturated rings. The van der Waals surface area contributed by atoms with E-state index in [9.17, 15) is 13.2 Å². The molecule has 0 bridgehead atoms. The van der Waals surface area contributed by atoms with E-state index in [2.05, 4.69) is 25.3 Å². The SMILES string of the molecule is CN=C(NCc1csc(N(C)C)n1)NC1CC1c1ccccc1OC(F)(F)F. The van der Waals surface area contributed by atoms with Gasteiger partial charge in [0.15, 0.2) is 11.1 Å². The number of nitrogens with one attached hydrogen (secondary N) is 2. The van der Waals surface area contributed by atoms with Crippen LogP contribution >= 0.6 is 11.3 Å². The molecule has 152 valence electrons. The molecule has 2 unspecified atom stereocenters. The van der Waals surface area contributed by atoms with Crippen molar-refractivity contribution in [3.05, 3.63) is 40.9 Å². The Bertz CT molecular complexity index is 837. The van der Waals surface area contributed by atoms with Crippen molar-refractivity contribution in [2.24, 2.45) is 4.99 Å². The second kappa shape index (κ2) is 8.26. The summed E-state index contributed by atoms with van der Waals surface area (Å²) in [6.45, 7) is 0.509. The van der Waals surface area contributed by atoms with E-state index in [1.54, 1.807) is 30.5 Å². The van der Waals surface area contributed by atoms with Crippen molar-refractivity contribution in [2.75, 3.05) is 26.0 Å². The lowest BCUT2D eigenvalue weighted by atomic mass is 10.1. The summed E-state index contributed by atoms with van der Waals surface area (Å²) >= 11 is 1.56. The number of rotatable bonds is 6. The summed E-state index contributed by atoms with van der Waals surface area (Å²) in [5.74, 6) is 0.378. The summed E-state index contributed by atoms with van der Waals surface area (Å²) < 4.78 is 42.0. The highest BCUT2D eigenvalue weighted by Crippen LogP contribution is 2.45. The van der Waals surface area contributed by atoms with Gasteiger partial charge < -0.3 is 20.3 Å². The molecule has 1 saturated carbocycles. The van der Waals surface area contributed by atoms with Gasteiger partial charge >= 0.3 is 6.36 Å². The highest BCUT2D eigenvalue weighted by Gasteiger charge is 2.42. The Hall–Kier alpha value is -2.49. The number of thiazole rings is 1. The number of halogens is 3. The summed E-state index contributed by atoms with van der Waals surface area (Å²) in [7, 11) is 5.52. The number of guanidine groups is 1. The van der Waals surface area contributed by atoms with E-state index >= 15 is 0 Å². The van der Waals surface area contributed by atoms with Gasteiger partial charge in [-0.1, -0.05) is 18.2 Å². The summed E-state index contributed by atoms with van der Waals surface area (Å²) in [4.78, 5) is 10.6. The molecule has 6 nitrogen and oxygen atoms in total. The molecule has 2 N–H and O–H groups in total. The quantitative estimate of drug-likeness (QED) is 0.562. The molecule has 3 rings (SSSR count). The number of nitrogens with zero attached hydrogens (tertiary/aromatic N) is 3. The number of benzene rings is 1. The predicted octanol–water partition coefficient (Wildman–Crippen LogP) is 3.33. The molecule has 1 aliphatic carbocycles. The Morgan fingerprint density at radius 3 is 2.75 bits per heavy atom. The fourth-order valence-electron chi connectivity index (χ4n) is 2.83. The smallest absolute Gasteiger partial charge is 0.405 e. The number of aromatic nitrogens is 1. The topological polar surface area (TPSA) is 61.8 Å². The zero-order valence-electron chi connectivity index (χ0n) is 15.7. The maximum absolute atomic E-state index is 12.6. The van der Waals surface area contributed by atoms with Gasteiger partial charge in [0, 0.05) is 38.5 Å². The Morgan fingerprint density at radius 1 is 1.36 bits per heavy atom. The third-order valence-corrected chi connectivity index (χ3v) is 5.30. The van der Waals surface area contributed by atoms with Crippen molar-refractivity contribution in [3.8, 4) is 5.75 Å². The maximum Gasteiger partial charge on any atom is 0.573 e. The minimum Gasteiger partial charge on any atom is -0.405 e. The van der Waals surface area contributed by atoms with Gasteiger partial charge in [-0.3, -0.25) is 4.99 Å². The van der Waals surface area contributed by atoms with Crippen LogP contribution in [0.2, 0.25) is 0 Å². The third kappa shape index (κ3) is 5.28. The van der Waals surface area contributed by atoms with Gasteiger partial charge in [0.2, 0.25) is 0 Å². The van der Waals surface area contributed by atoms with E-state index in [1.807, 2.05) is 24.4 Å². The molecule has 1 aromatic carbocycles. The number of aliphatic imine (C=N–C) groups is 1. The monoisotopic (exact) mass is 413 g/mol. The first-order valence-corrected chi connectivity index (χ1v) is 9.58. The number of hydrogen-bond acceptors (Lipinski definition) is 5. The van der Waals surface area contributed by atoms with Crippen LogP contribution in [-0.4, -0.2) is 44.5 Å². The molecule has 0 spiro atoms. The van der Waals surface area contributed by atoms with E-state index in [0.717, 1.165) is 10.8 Å². The molecule has 0 saturated heterocycles.